The molecule has 5 unspecified atom stereocenters. The van der Waals surface area contributed by atoms with Gasteiger partial charge >= 0.3 is 27.3 Å². The molecule has 0 aliphatic carbocycles. The number of alkyl halides is 2. The minimum Gasteiger partial charge on any atom is -0.427 e. The Kier molecular flexibility index (Phi) is 4.07. The number of halogens is 2. The lowest BCUT2D eigenvalue weighted by molar-refractivity contribution is -0.182. The molecule has 0 amide bonds. The molecule has 15 heteroatoms. The van der Waals surface area contributed by atoms with E-state index in [4.69, 9.17) is 13.5 Å². The standard InChI is InChI=1S/C10H10F2O11S2/c11-10(12,25(17,18)19)9(14)21-2-20-8(13)5-3-1-4-6(22-3)7(5)23-24(4,15)16/h3-7H,1-2H2,(H,17,18,19). The van der Waals surface area contributed by atoms with Gasteiger partial charge in [0.25, 0.3) is 10.1 Å². The van der Waals surface area contributed by atoms with Gasteiger partial charge in [-0.2, -0.15) is 25.6 Å². The number of carbonyl (C=O) groups is 2. The number of fused-ring (bicyclic) bond motifs is 1. The number of esters is 2. The Bertz CT molecular complexity index is 820. The summed E-state index contributed by atoms with van der Waals surface area (Å²) >= 11 is 0. The van der Waals surface area contributed by atoms with Crippen LogP contribution in [0.2, 0.25) is 0 Å². The first-order valence-corrected chi connectivity index (χ1v) is 9.53. The van der Waals surface area contributed by atoms with Gasteiger partial charge in [-0.15, -0.1) is 0 Å². The fraction of sp³-hybridized carbons (Fsp3) is 0.800. The highest BCUT2D eigenvalue weighted by molar-refractivity contribution is 7.88. The Balaban J connectivity index is 1.58. The van der Waals surface area contributed by atoms with E-state index in [0.717, 1.165) is 0 Å². The lowest BCUT2D eigenvalue weighted by atomic mass is 9.86. The monoisotopic (exact) mass is 408 g/mol. The van der Waals surface area contributed by atoms with Gasteiger partial charge in [0.2, 0.25) is 6.79 Å². The molecule has 2 bridgehead atoms. The van der Waals surface area contributed by atoms with Crippen LogP contribution in [0.15, 0.2) is 0 Å². The Morgan fingerprint density at radius 2 is 1.88 bits per heavy atom. The molecule has 3 fully saturated rings. The van der Waals surface area contributed by atoms with Crippen LogP contribution in [0.3, 0.4) is 0 Å². The summed E-state index contributed by atoms with van der Waals surface area (Å²) in [6.45, 7) is -1.38. The molecule has 0 aromatic carbocycles. The summed E-state index contributed by atoms with van der Waals surface area (Å²) in [5, 5.41) is -6.12. The molecule has 11 nitrogen and oxygen atoms in total. The van der Waals surface area contributed by atoms with Crippen LogP contribution >= 0.6 is 0 Å². The third kappa shape index (κ3) is 2.79. The molecule has 3 saturated heterocycles. The topological polar surface area (TPSA) is 160 Å². The van der Waals surface area contributed by atoms with Crippen molar-refractivity contribution in [2.75, 3.05) is 6.79 Å². The fourth-order valence-electron chi connectivity index (χ4n) is 2.98. The van der Waals surface area contributed by atoms with Crippen LogP contribution in [0.5, 0.6) is 0 Å². The maximum absolute atomic E-state index is 12.9. The average Bonchev–Trinajstić information content (AvgIpc) is 3.07. The van der Waals surface area contributed by atoms with E-state index in [1.54, 1.807) is 0 Å². The maximum Gasteiger partial charge on any atom is 0.465 e. The molecule has 0 aromatic rings. The van der Waals surface area contributed by atoms with E-state index in [0.29, 0.717) is 0 Å². The Morgan fingerprint density at radius 1 is 1.24 bits per heavy atom. The summed E-state index contributed by atoms with van der Waals surface area (Å²) in [4.78, 5) is 22.9. The van der Waals surface area contributed by atoms with Gasteiger partial charge in [-0.3, -0.25) is 13.5 Å². The summed E-state index contributed by atoms with van der Waals surface area (Å²) in [5.41, 5.74) is 0. The smallest absolute Gasteiger partial charge is 0.427 e. The molecule has 0 saturated carbocycles. The first-order chi connectivity index (χ1) is 11.4. The van der Waals surface area contributed by atoms with E-state index in [1.807, 2.05) is 0 Å². The van der Waals surface area contributed by atoms with Crippen LogP contribution in [-0.4, -0.2) is 68.9 Å². The van der Waals surface area contributed by atoms with E-state index in [1.165, 1.54) is 0 Å². The molecule has 3 heterocycles. The highest BCUT2D eigenvalue weighted by Crippen LogP contribution is 2.50. The number of carbonyl (C=O) groups excluding carboxylic acids is 2. The summed E-state index contributed by atoms with van der Waals surface area (Å²) in [7, 11) is -9.93. The second kappa shape index (κ2) is 5.54. The van der Waals surface area contributed by atoms with Crippen molar-refractivity contribution in [3.05, 3.63) is 0 Å². The SMILES string of the molecule is O=C(OCOC(=O)C(F)(F)S(=O)(=O)O)C1C2CC3C(O2)C1OS3(=O)=O. The molecule has 0 spiro atoms. The lowest BCUT2D eigenvalue weighted by Crippen LogP contribution is -2.41. The summed E-state index contributed by atoms with van der Waals surface area (Å²) < 4.78 is 96.4. The van der Waals surface area contributed by atoms with Crippen LogP contribution < -0.4 is 0 Å². The van der Waals surface area contributed by atoms with Crippen LogP contribution in [0, 0.1) is 5.92 Å². The molecule has 5 atom stereocenters. The van der Waals surface area contributed by atoms with Gasteiger partial charge in [-0.1, -0.05) is 0 Å². The normalized spacial score (nSPS) is 35.6. The van der Waals surface area contributed by atoms with Gasteiger partial charge in [0.1, 0.15) is 23.4 Å². The number of rotatable bonds is 5. The summed E-state index contributed by atoms with van der Waals surface area (Å²) in [5.74, 6) is -4.94. The Labute approximate surface area is 139 Å². The van der Waals surface area contributed by atoms with Crippen molar-refractivity contribution in [2.45, 2.75) is 35.2 Å². The van der Waals surface area contributed by atoms with Crippen molar-refractivity contribution in [1.29, 1.82) is 0 Å². The van der Waals surface area contributed by atoms with Gasteiger partial charge in [0.15, 0.2) is 0 Å². The van der Waals surface area contributed by atoms with Crippen molar-refractivity contribution in [3.8, 4) is 0 Å². The quantitative estimate of drug-likeness (QED) is 0.241. The second-order valence-corrected chi connectivity index (χ2v) is 8.74. The Morgan fingerprint density at radius 3 is 2.48 bits per heavy atom. The minimum absolute atomic E-state index is 0.0100. The predicted octanol–water partition coefficient (Wildman–Crippen LogP) is -1.60. The first-order valence-electron chi connectivity index (χ1n) is 6.62. The first kappa shape index (κ1) is 18.4. The van der Waals surface area contributed by atoms with E-state index in [-0.39, 0.29) is 6.42 Å². The average molecular weight is 408 g/mol. The molecule has 25 heavy (non-hydrogen) atoms. The highest BCUT2D eigenvalue weighted by Gasteiger charge is 2.68. The zero-order valence-corrected chi connectivity index (χ0v) is 13.5. The molecule has 3 aliphatic heterocycles. The lowest BCUT2D eigenvalue weighted by Gasteiger charge is -2.20. The third-order valence-electron chi connectivity index (χ3n) is 4.08. The van der Waals surface area contributed by atoms with Crippen molar-refractivity contribution < 1.29 is 58.2 Å². The van der Waals surface area contributed by atoms with Gasteiger partial charge < -0.3 is 14.2 Å². The van der Waals surface area contributed by atoms with Gasteiger partial charge in [0.05, 0.1) is 6.10 Å². The summed E-state index contributed by atoms with van der Waals surface area (Å²) in [6, 6.07) is 0. The molecule has 1 N–H and O–H groups in total. The van der Waals surface area contributed by atoms with Crippen molar-refractivity contribution in [3.63, 3.8) is 0 Å². The highest BCUT2D eigenvalue weighted by atomic mass is 32.2. The van der Waals surface area contributed by atoms with E-state index < -0.39 is 73.7 Å². The number of ether oxygens (including phenoxy) is 3. The molecule has 3 aliphatic rings. The predicted molar refractivity (Wildman–Crippen MR) is 67.9 cm³/mol. The molecular formula is C10H10F2O11S2. The molecule has 3 rings (SSSR count). The van der Waals surface area contributed by atoms with E-state index >= 15 is 0 Å². The van der Waals surface area contributed by atoms with Crippen LogP contribution in [0.4, 0.5) is 8.78 Å². The second-order valence-electron chi connectivity index (χ2n) is 5.50. The van der Waals surface area contributed by atoms with E-state index in [2.05, 4.69) is 9.47 Å². The number of hydrogen-bond donors (Lipinski definition) is 1. The fourth-order valence-corrected chi connectivity index (χ4v) is 4.90. The molecule has 142 valence electrons. The third-order valence-corrected chi connectivity index (χ3v) is 6.59. The number of hydrogen-bond acceptors (Lipinski definition) is 10. The van der Waals surface area contributed by atoms with Gasteiger partial charge in [0, 0.05) is 0 Å². The van der Waals surface area contributed by atoms with Crippen LogP contribution in [0.1, 0.15) is 6.42 Å². The van der Waals surface area contributed by atoms with Crippen LogP contribution in [-0.2, 0) is 48.2 Å². The largest absolute Gasteiger partial charge is 0.465 e. The molecule has 0 radical (unpaired) electrons. The van der Waals surface area contributed by atoms with Gasteiger partial charge in [-0.25, -0.2) is 4.79 Å². The molecule has 0 aromatic heterocycles. The molecular weight excluding hydrogens is 398 g/mol. The van der Waals surface area contributed by atoms with Gasteiger partial charge in [-0.05, 0) is 6.42 Å². The maximum atomic E-state index is 12.9. The van der Waals surface area contributed by atoms with Crippen LogP contribution in [0.25, 0.3) is 0 Å². The zero-order chi connectivity index (χ0) is 18.8. The van der Waals surface area contributed by atoms with E-state index in [9.17, 15) is 35.2 Å². The summed E-state index contributed by atoms with van der Waals surface area (Å²) in [6.07, 6.45) is -2.81. The minimum atomic E-state index is -6.05. The van der Waals surface area contributed by atoms with Crippen molar-refractivity contribution in [2.24, 2.45) is 5.92 Å². The Hall–Kier alpha value is -1.42. The van der Waals surface area contributed by atoms with Crippen molar-refractivity contribution in [1.82, 2.24) is 0 Å². The van der Waals surface area contributed by atoms with Crippen molar-refractivity contribution >= 4 is 32.2 Å². The zero-order valence-electron chi connectivity index (χ0n) is 11.9.